The van der Waals surface area contributed by atoms with Crippen LogP contribution in [0.4, 0.5) is 0 Å². The molecule has 2 heterocycles. The molecule has 0 unspecified atom stereocenters. The van der Waals surface area contributed by atoms with E-state index in [-0.39, 0.29) is 17.2 Å². The Morgan fingerprint density at radius 3 is 2.37 bits per heavy atom. The van der Waals surface area contributed by atoms with Gasteiger partial charge in [0, 0.05) is 51.1 Å². The topological polar surface area (TPSA) is 43.9 Å². The zero-order valence-electron chi connectivity index (χ0n) is 12.3. The Hall–Kier alpha value is -0.940. The molecule has 0 N–H and O–H groups in total. The molecule has 0 aromatic carbocycles. The lowest BCUT2D eigenvalue weighted by atomic mass is 10.00. The zero-order valence-corrected chi connectivity index (χ0v) is 12.3. The standard InChI is InChI=1S/C14H25N3O2/c1-14(2)11-16(9-8-15(14)3)10-13(19)17-6-4-12(18)5-7-17/h4-11H2,1-3H3. The van der Waals surface area contributed by atoms with E-state index in [1.54, 1.807) is 0 Å². The summed E-state index contributed by atoms with van der Waals surface area (Å²) in [5.74, 6) is 0.456. The highest BCUT2D eigenvalue weighted by molar-refractivity contribution is 5.84. The Bertz CT molecular complexity index is 358. The van der Waals surface area contributed by atoms with E-state index in [4.69, 9.17) is 0 Å². The van der Waals surface area contributed by atoms with Crippen LogP contribution in [0.1, 0.15) is 26.7 Å². The van der Waals surface area contributed by atoms with Crippen LogP contribution in [0.5, 0.6) is 0 Å². The molecule has 0 atom stereocenters. The van der Waals surface area contributed by atoms with Crippen LogP contribution in [0.25, 0.3) is 0 Å². The molecular formula is C14H25N3O2. The molecule has 19 heavy (non-hydrogen) atoms. The molecule has 0 saturated carbocycles. The number of Topliss-reactive ketones (excluding diaryl/α,β-unsaturated/α-hetero) is 1. The quantitative estimate of drug-likeness (QED) is 0.717. The molecule has 0 bridgehead atoms. The summed E-state index contributed by atoms with van der Waals surface area (Å²) in [6.45, 7) is 8.99. The van der Waals surface area contributed by atoms with Crippen molar-refractivity contribution in [3.63, 3.8) is 0 Å². The van der Waals surface area contributed by atoms with Gasteiger partial charge in [0.2, 0.25) is 5.91 Å². The number of likely N-dealkylation sites (tertiary alicyclic amines) is 1. The molecule has 5 heteroatoms. The minimum Gasteiger partial charge on any atom is -0.341 e. The lowest BCUT2D eigenvalue weighted by molar-refractivity contribution is -0.136. The van der Waals surface area contributed by atoms with Gasteiger partial charge < -0.3 is 4.90 Å². The number of ketones is 1. The monoisotopic (exact) mass is 267 g/mol. The van der Waals surface area contributed by atoms with E-state index >= 15 is 0 Å². The van der Waals surface area contributed by atoms with E-state index in [9.17, 15) is 9.59 Å². The molecule has 0 aromatic rings. The van der Waals surface area contributed by atoms with Gasteiger partial charge in [0.15, 0.2) is 0 Å². The molecule has 0 radical (unpaired) electrons. The molecule has 1 amide bonds. The normalized spacial score (nSPS) is 25.6. The zero-order chi connectivity index (χ0) is 14.0. The number of nitrogens with zero attached hydrogens (tertiary/aromatic N) is 3. The summed E-state index contributed by atoms with van der Waals surface area (Å²) < 4.78 is 0. The highest BCUT2D eigenvalue weighted by Crippen LogP contribution is 2.18. The SMILES string of the molecule is CN1CCN(CC(=O)N2CCC(=O)CC2)CC1(C)C. The summed E-state index contributed by atoms with van der Waals surface area (Å²) >= 11 is 0. The lowest BCUT2D eigenvalue weighted by Crippen LogP contribution is -2.59. The Morgan fingerprint density at radius 2 is 1.79 bits per heavy atom. The van der Waals surface area contributed by atoms with Gasteiger partial charge in [0.1, 0.15) is 5.78 Å². The van der Waals surface area contributed by atoms with Crippen molar-refractivity contribution in [3.05, 3.63) is 0 Å². The second kappa shape index (κ2) is 5.59. The predicted molar refractivity (Wildman–Crippen MR) is 74.0 cm³/mol. The Balaban J connectivity index is 1.84. The summed E-state index contributed by atoms with van der Waals surface area (Å²) in [6, 6.07) is 0. The van der Waals surface area contributed by atoms with Crippen LogP contribution in [0.3, 0.4) is 0 Å². The van der Waals surface area contributed by atoms with Crippen molar-refractivity contribution in [3.8, 4) is 0 Å². The van der Waals surface area contributed by atoms with Crippen molar-refractivity contribution in [1.82, 2.24) is 14.7 Å². The molecule has 0 spiro atoms. The smallest absolute Gasteiger partial charge is 0.236 e. The van der Waals surface area contributed by atoms with Crippen molar-refractivity contribution in [2.45, 2.75) is 32.2 Å². The maximum Gasteiger partial charge on any atom is 0.236 e. The molecule has 2 saturated heterocycles. The highest BCUT2D eigenvalue weighted by atomic mass is 16.2. The van der Waals surface area contributed by atoms with Crippen LogP contribution in [0.15, 0.2) is 0 Å². The van der Waals surface area contributed by atoms with Gasteiger partial charge in [-0.2, -0.15) is 0 Å². The van der Waals surface area contributed by atoms with Crippen molar-refractivity contribution in [1.29, 1.82) is 0 Å². The fraction of sp³-hybridized carbons (Fsp3) is 0.857. The third-order valence-corrected chi connectivity index (χ3v) is 4.43. The largest absolute Gasteiger partial charge is 0.341 e. The second-order valence-electron chi connectivity index (χ2n) is 6.36. The average molecular weight is 267 g/mol. The molecular weight excluding hydrogens is 242 g/mol. The third-order valence-electron chi connectivity index (χ3n) is 4.43. The Kier molecular flexibility index (Phi) is 4.26. The molecule has 0 aromatic heterocycles. The summed E-state index contributed by atoms with van der Waals surface area (Å²) in [7, 11) is 2.13. The number of carbonyl (C=O) groups excluding carboxylic acids is 2. The van der Waals surface area contributed by atoms with Gasteiger partial charge in [0.25, 0.3) is 0 Å². The van der Waals surface area contributed by atoms with Crippen LogP contribution in [0, 0.1) is 0 Å². The molecule has 0 aliphatic carbocycles. The van der Waals surface area contributed by atoms with E-state index in [2.05, 4.69) is 30.7 Å². The number of amides is 1. The van der Waals surface area contributed by atoms with Crippen LogP contribution in [0.2, 0.25) is 0 Å². The molecule has 2 fully saturated rings. The van der Waals surface area contributed by atoms with Crippen molar-refractivity contribution in [2.24, 2.45) is 0 Å². The van der Waals surface area contributed by atoms with E-state index in [1.807, 2.05) is 4.90 Å². The first kappa shape index (κ1) is 14.5. The number of piperazine rings is 1. The van der Waals surface area contributed by atoms with Crippen molar-refractivity contribution < 1.29 is 9.59 Å². The van der Waals surface area contributed by atoms with Gasteiger partial charge in [-0.15, -0.1) is 0 Å². The predicted octanol–water partition coefficient (Wildman–Crippen LogP) is 0.204. The van der Waals surface area contributed by atoms with Gasteiger partial charge in [0.05, 0.1) is 6.54 Å². The number of hydrogen-bond acceptors (Lipinski definition) is 4. The summed E-state index contributed by atoms with van der Waals surface area (Å²) in [4.78, 5) is 29.8. The number of carbonyl (C=O) groups is 2. The van der Waals surface area contributed by atoms with E-state index in [1.165, 1.54) is 0 Å². The first-order chi connectivity index (χ1) is 8.88. The van der Waals surface area contributed by atoms with Gasteiger partial charge in [-0.25, -0.2) is 0 Å². The van der Waals surface area contributed by atoms with Crippen LogP contribution in [-0.4, -0.2) is 78.2 Å². The van der Waals surface area contributed by atoms with Crippen LogP contribution >= 0.6 is 0 Å². The van der Waals surface area contributed by atoms with E-state index < -0.39 is 0 Å². The lowest BCUT2D eigenvalue weighted by Gasteiger charge is -2.45. The molecule has 2 rings (SSSR count). The Morgan fingerprint density at radius 1 is 1.16 bits per heavy atom. The minimum atomic E-state index is 0.121. The van der Waals surface area contributed by atoms with Crippen molar-refractivity contribution >= 4 is 11.7 Å². The fourth-order valence-electron chi connectivity index (χ4n) is 2.77. The minimum absolute atomic E-state index is 0.121. The molecule has 2 aliphatic heterocycles. The van der Waals surface area contributed by atoms with Gasteiger partial charge >= 0.3 is 0 Å². The van der Waals surface area contributed by atoms with Crippen LogP contribution < -0.4 is 0 Å². The number of piperidine rings is 1. The number of hydrogen-bond donors (Lipinski definition) is 0. The first-order valence-corrected chi connectivity index (χ1v) is 7.11. The van der Waals surface area contributed by atoms with E-state index in [0.717, 1.165) is 19.6 Å². The fourth-order valence-corrected chi connectivity index (χ4v) is 2.77. The summed E-state index contributed by atoms with van der Waals surface area (Å²) in [6.07, 6.45) is 1.06. The average Bonchev–Trinajstić information content (AvgIpc) is 2.34. The maximum absolute atomic E-state index is 12.2. The maximum atomic E-state index is 12.2. The Labute approximate surface area is 115 Å². The number of rotatable bonds is 2. The molecule has 2 aliphatic rings. The van der Waals surface area contributed by atoms with Crippen molar-refractivity contribution in [2.75, 3.05) is 46.3 Å². The molecule has 108 valence electrons. The summed E-state index contributed by atoms with van der Waals surface area (Å²) in [5, 5.41) is 0. The van der Waals surface area contributed by atoms with Gasteiger partial charge in [-0.05, 0) is 20.9 Å². The van der Waals surface area contributed by atoms with Crippen LogP contribution in [-0.2, 0) is 9.59 Å². The summed E-state index contributed by atoms with van der Waals surface area (Å²) in [5.41, 5.74) is 0.121. The number of likely N-dealkylation sites (N-methyl/N-ethyl adjacent to an activating group) is 1. The van der Waals surface area contributed by atoms with E-state index in [0.29, 0.717) is 32.5 Å². The molecule has 5 nitrogen and oxygen atoms in total. The second-order valence-corrected chi connectivity index (χ2v) is 6.36. The first-order valence-electron chi connectivity index (χ1n) is 7.11. The van der Waals surface area contributed by atoms with Gasteiger partial charge in [-0.3, -0.25) is 19.4 Å². The third kappa shape index (κ3) is 3.54. The highest BCUT2D eigenvalue weighted by Gasteiger charge is 2.32. The van der Waals surface area contributed by atoms with Gasteiger partial charge in [-0.1, -0.05) is 0 Å².